The Morgan fingerprint density at radius 3 is 2.39 bits per heavy atom. The van der Waals surface area contributed by atoms with Gasteiger partial charge in [-0.15, -0.1) is 0 Å². The van der Waals surface area contributed by atoms with Crippen molar-refractivity contribution in [3.05, 3.63) is 65.4 Å². The van der Waals surface area contributed by atoms with Crippen LogP contribution in [-0.2, 0) is 28.6 Å². The molecule has 1 saturated carbocycles. The van der Waals surface area contributed by atoms with Crippen LogP contribution >= 0.6 is 0 Å². The van der Waals surface area contributed by atoms with Crippen molar-refractivity contribution in [2.45, 2.75) is 70.8 Å². The highest BCUT2D eigenvalue weighted by molar-refractivity contribution is 6.02. The summed E-state index contributed by atoms with van der Waals surface area (Å²) in [5.41, 5.74) is 5.26. The zero-order valence-electron chi connectivity index (χ0n) is 19.2. The van der Waals surface area contributed by atoms with Gasteiger partial charge in [-0.05, 0) is 61.1 Å². The third kappa shape index (κ3) is 4.14. The van der Waals surface area contributed by atoms with Crippen LogP contribution in [0.5, 0.6) is 0 Å². The molecule has 0 aliphatic heterocycles. The Bertz CT molecular complexity index is 1080. The topological polar surface area (TPSA) is 54.3 Å². The average molecular weight is 419 g/mol. The molecule has 4 heteroatoms. The number of aromatic nitrogens is 1. The van der Waals surface area contributed by atoms with Crippen molar-refractivity contribution in [2.75, 3.05) is 11.9 Å². The minimum Gasteiger partial charge on any atom is -0.396 e. The van der Waals surface area contributed by atoms with Crippen molar-refractivity contribution < 1.29 is 9.90 Å². The normalized spacial score (nSPS) is 15.3. The molecule has 0 spiro atoms. The van der Waals surface area contributed by atoms with E-state index < -0.39 is 0 Å². The van der Waals surface area contributed by atoms with E-state index in [0.717, 1.165) is 54.4 Å². The number of nitrogens with zero attached hydrogens (tertiary/aromatic N) is 1. The highest BCUT2D eigenvalue weighted by atomic mass is 16.3. The maximum absolute atomic E-state index is 13.2. The summed E-state index contributed by atoms with van der Waals surface area (Å²) in [5.74, 6) is 0.0897. The van der Waals surface area contributed by atoms with Crippen molar-refractivity contribution in [3.8, 4) is 0 Å². The average Bonchev–Trinajstić information content (AvgIpc) is 3.48. The van der Waals surface area contributed by atoms with Gasteiger partial charge in [0.2, 0.25) is 5.91 Å². The summed E-state index contributed by atoms with van der Waals surface area (Å²) in [5, 5.41) is 13.6. The molecule has 4 nitrogen and oxygen atoms in total. The monoisotopic (exact) mass is 418 g/mol. The van der Waals surface area contributed by atoms with E-state index in [2.05, 4.69) is 80.0 Å². The standard InChI is InChI=1S/C27H34N2O2/c1-5-19-7-9-21(10-8-19)27(13-14-27)25(31)28-22-11-12-23-20(17-22)18-24(26(2,3)4)29(23)15-6-16-30/h7-12,17-18,30H,5-6,13-16H2,1-4H3,(H,28,31). The van der Waals surface area contributed by atoms with Gasteiger partial charge in [0.1, 0.15) is 0 Å². The first-order valence-electron chi connectivity index (χ1n) is 11.4. The first-order valence-corrected chi connectivity index (χ1v) is 11.4. The molecule has 1 aliphatic rings. The summed E-state index contributed by atoms with van der Waals surface area (Å²) >= 11 is 0. The molecule has 2 aromatic carbocycles. The number of aliphatic hydroxyl groups excluding tert-OH is 1. The maximum atomic E-state index is 13.2. The number of benzene rings is 2. The number of aryl methyl sites for hydroxylation is 2. The number of fused-ring (bicyclic) bond motifs is 1. The lowest BCUT2D eigenvalue weighted by Gasteiger charge is -2.22. The van der Waals surface area contributed by atoms with E-state index in [1.54, 1.807) is 0 Å². The van der Waals surface area contributed by atoms with Crippen LogP contribution in [0, 0.1) is 0 Å². The molecule has 3 aromatic rings. The Hall–Kier alpha value is -2.59. The smallest absolute Gasteiger partial charge is 0.235 e. The van der Waals surface area contributed by atoms with Crippen molar-refractivity contribution in [1.82, 2.24) is 4.57 Å². The second-order valence-corrected chi connectivity index (χ2v) is 9.87. The van der Waals surface area contributed by atoms with E-state index in [1.165, 1.54) is 11.3 Å². The molecular formula is C27H34N2O2. The summed E-state index contributed by atoms with van der Waals surface area (Å²) < 4.78 is 2.30. The van der Waals surface area contributed by atoms with Crippen LogP contribution in [-0.4, -0.2) is 22.2 Å². The van der Waals surface area contributed by atoms with E-state index in [0.29, 0.717) is 0 Å². The summed E-state index contributed by atoms with van der Waals surface area (Å²) in [6, 6.07) is 16.9. The van der Waals surface area contributed by atoms with Gasteiger partial charge in [-0.25, -0.2) is 0 Å². The highest BCUT2D eigenvalue weighted by Crippen LogP contribution is 2.49. The lowest BCUT2D eigenvalue weighted by Crippen LogP contribution is -2.27. The first-order chi connectivity index (χ1) is 14.8. The van der Waals surface area contributed by atoms with Crippen LogP contribution in [0.2, 0.25) is 0 Å². The molecule has 2 N–H and O–H groups in total. The molecule has 0 atom stereocenters. The zero-order chi connectivity index (χ0) is 22.2. The van der Waals surface area contributed by atoms with Crippen molar-refractivity contribution in [1.29, 1.82) is 0 Å². The van der Waals surface area contributed by atoms with Gasteiger partial charge in [0.25, 0.3) is 0 Å². The minimum atomic E-state index is -0.384. The van der Waals surface area contributed by atoms with E-state index in [4.69, 9.17) is 0 Å². The number of hydrogen-bond acceptors (Lipinski definition) is 2. The summed E-state index contributed by atoms with van der Waals surface area (Å²) in [4.78, 5) is 13.2. The highest BCUT2D eigenvalue weighted by Gasteiger charge is 2.51. The van der Waals surface area contributed by atoms with Crippen LogP contribution in [0.1, 0.15) is 63.8 Å². The summed E-state index contributed by atoms with van der Waals surface area (Å²) in [7, 11) is 0. The molecule has 0 saturated heterocycles. The molecule has 0 radical (unpaired) electrons. The van der Waals surface area contributed by atoms with E-state index in [9.17, 15) is 9.90 Å². The Balaban J connectivity index is 1.60. The summed E-state index contributed by atoms with van der Waals surface area (Å²) in [6.45, 7) is 9.74. The molecule has 1 heterocycles. The molecule has 4 rings (SSSR count). The molecular weight excluding hydrogens is 384 g/mol. The molecule has 164 valence electrons. The van der Waals surface area contributed by atoms with Gasteiger partial charge in [0.05, 0.1) is 5.41 Å². The van der Waals surface area contributed by atoms with Crippen molar-refractivity contribution >= 4 is 22.5 Å². The molecule has 1 amide bonds. The fourth-order valence-corrected chi connectivity index (χ4v) is 4.52. The van der Waals surface area contributed by atoms with Gasteiger partial charge >= 0.3 is 0 Å². The lowest BCUT2D eigenvalue weighted by atomic mass is 9.92. The van der Waals surface area contributed by atoms with Gasteiger partial charge in [-0.2, -0.15) is 0 Å². The molecule has 1 fully saturated rings. The molecule has 1 aromatic heterocycles. The quantitative estimate of drug-likeness (QED) is 0.528. The number of nitrogens with one attached hydrogen (secondary N) is 1. The van der Waals surface area contributed by atoms with E-state index >= 15 is 0 Å². The largest absolute Gasteiger partial charge is 0.396 e. The maximum Gasteiger partial charge on any atom is 0.235 e. The minimum absolute atomic E-state index is 0.000605. The number of rotatable bonds is 7. The SMILES string of the molecule is CCc1ccc(C2(C(=O)Nc3ccc4c(c3)cc(C(C)(C)C)n4CCCO)CC2)cc1. The third-order valence-electron chi connectivity index (χ3n) is 6.57. The van der Waals surface area contributed by atoms with Gasteiger partial charge in [-0.3, -0.25) is 4.79 Å². The number of hydrogen-bond donors (Lipinski definition) is 2. The fraction of sp³-hybridized carbons (Fsp3) is 0.444. The van der Waals surface area contributed by atoms with Crippen molar-refractivity contribution in [2.24, 2.45) is 0 Å². The van der Waals surface area contributed by atoms with Crippen LogP contribution in [0.3, 0.4) is 0 Å². The van der Waals surface area contributed by atoms with Crippen LogP contribution < -0.4 is 5.32 Å². The molecule has 0 unspecified atom stereocenters. The number of carbonyl (C=O) groups is 1. The Morgan fingerprint density at radius 1 is 1.10 bits per heavy atom. The number of anilines is 1. The third-order valence-corrected chi connectivity index (χ3v) is 6.57. The Kier molecular flexibility index (Phi) is 5.69. The number of aliphatic hydroxyl groups is 1. The fourth-order valence-electron chi connectivity index (χ4n) is 4.52. The number of amides is 1. The van der Waals surface area contributed by atoms with Crippen LogP contribution in [0.4, 0.5) is 5.69 Å². The first kappa shape index (κ1) is 21.6. The molecule has 0 bridgehead atoms. The molecule has 1 aliphatic carbocycles. The Labute approximate surface area is 185 Å². The lowest BCUT2D eigenvalue weighted by molar-refractivity contribution is -0.118. The summed E-state index contributed by atoms with van der Waals surface area (Å²) in [6.07, 6.45) is 3.54. The predicted octanol–water partition coefficient (Wildman–Crippen LogP) is 5.55. The van der Waals surface area contributed by atoms with Crippen LogP contribution in [0.15, 0.2) is 48.5 Å². The second kappa shape index (κ2) is 8.16. The van der Waals surface area contributed by atoms with Gasteiger partial charge < -0.3 is 15.0 Å². The van der Waals surface area contributed by atoms with Crippen molar-refractivity contribution in [3.63, 3.8) is 0 Å². The van der Waals surface area contributed by atoms with Gasteiger partial charge in [0.15, 0.2) is 0 Å². The Morgan fingerprint density at radius 2 is 1.81 bits per heavy atom. The van der Waals surface area contributed by atoms with Gasteiger partial charge in [0, 0.05) is 40.9 Å². The van der Waals surface area contributed by atoms with Gasteiger partial charge in [-0.1, -0.05) is 52.0 Å². The molecule has 31 heavy (non-hydrogen) atoms. The number of carbonyl (C=O) groups excluding carboxylic acids is 1. The van der Waals surface area contributed by atoms with E-state index in [-0.39, 0.29) is 23.3 Å². The zero-order valence-corrected chi connectivity index (χ0v) is 19.2. The second-order valence-electron chi connectivity index (χ2n) is 9.87. The van der Waals surface area contributed by atoms with E-state index in [1.807, 2.05) is 6.07 Å². The predicted molar refractivity (Wildman–Crippen MR) is 128 cm³/mol. The van der Waals surface area contributed by atoms with Crippen LogP contribution in [0.25, 0.3) is 10.9 Å².